The molecule has 0 unspecified atom stereocenters. The lowest BCUT2D eigenvalue weighted by atomic mass is 10.3. The molecular formula is C5H13NO. The summed E-state index contributed by atoms with van der Waals surface area (Å²) in [5.74, 6) is 0. The quantitative estimate of drug-likeness (QED) is 0.560. The van der Waals surface area contributed by atoms with Crippen LogP contribution in [0, 0.1) is 0 Å². The highest BCUT2D eigenvalue weighted by Crippen LogP contribution is 1.89. The van der Waals surface area contributed by atoms with E-state index in [1.165, 1.54) is 0 Å². The molecule has 0 aliphatic rings. The third-order valence-corrected chi connectivity index (χ3v) is 1.05. The van der Waals surface area contributed by atoms with E-state index in [-0.39, 0.29) is 6.10 Å². The molecule has 0 aromatic heterocycles. The van der Waals surface area contributed by atoms with Gasteiger partial charge in [0.2, 0.25) is 0 Å². The predicted octanol–water partition coefficient (Wildman–Crippen LogP) is 0.370. The Morgan fingerprint density at radius 2 is 2.29 bits per heavy atom. The van der Waals surface area contributed by atoms with Crippen LogP contribution in [-0.4, -0.2) is 19.8 Å². The summed E-state index contributed by atoms with van der Waals surface area (Å²) in [7, 11) is 1.68. The van der Waals surface area contributed by atoms with Gasteiger partial charge in [-0.15, -0.1) is 0 Å². The van der Waals surface area contributed by atoms with Gasteiger partial charge < -0.3 is 10.5 Å². The topological polar surface area (TPSA) is 35.2 Å². The smallest absolute Gasteiger partial charge is 0.0690 e. The molecule has 0 amide bonds. The summed E-state index contributed by atoms with van der Waals surface area (Å²) in [6, 6.07) is 0. The fraction of sp³-hybridized carbons (Fsp3) is 1.00. The van der Waals surface area contributed by atoms with Crippen LogP contribution in [0.15, 0.2) is 0 Å². The molecule has 7 heavy (non-hydrogen) atoms. The van der Waals surface area contributed by atoms with Gasteiger partial charge in [-0.25, -0.2) is 0 Å². The Kier molecular flexibility index (Phi) is 4.04. The molecule has 2 nitrogen and oxygen atoms in total. The molecule has 0 saturated carbocycles. The SMILES string of the molecule is CC[C@H](CN)OC. The first-order chi connectivity index (χ1) is 3.35. The van der Waals surface area contributed by atoms with Crippen LogP contribution in [0.3, 0.4) is 0 Å². The van der Waals surface area contributed by atoms with Crippen LogP contribution in [0.25, 0.3) is 0 Å². The zero-order valence-electron chi connectivity index (χ0n) is 4.98. The van der Waals surface area contributed by atoms with Gasteiger partial charge in [-0.05, 0) is 6.42 Å². The van der Waals surface area contributed by atoms with Gasteiger partial charge in [0.1, 0.15) is 0 Å². The minimum Gasteiger partial charge on any atom is -0.380 e. The Labute approximate surface area is 44.7 Å². The van der Waals surface area contributed by atoms with Crippen molar-refractivity contribution in [1.29, 1.82) is 0 Å². The number of hydrogen-bond donors (Lipinski definition) is 1. The van der Waals surface area contributed by atoms with Crippen molar-refractivity contribution < 1.29 is 4.74 Å². The third-order valence-electron chi connectivity index (χ3n) is 1.05. The van der Waals surface area contributed by atoms with Crippen LogP contribution in [0.4, 0.5) is 0 Å². The maximum Gasteiger partial charge on any atom is 0.0690 e. The van der Waals surface area contributed by atoms with Gasteiger partial charge in [0.05, 0.1) is 6.10 Å². The molecule has 1 atom stereocenters. The highest BCUT2D eigenvalue weighted by molar-refractivity contribution is 4.51. The lowest BCUT2D eigenvalue weighted by molar-refractivity contribution is 0.106. The Bertz CT molecular complexity index is 29.6. The first-order valence-electron chi connectivity index (χ1n) is 2.58. The number of methoxy groups -OCH3 is 1. The van der Waals surface area contributed by atoms with Gasteiger partial charge in [0, 0.05) is 13.7 Å². The molecule has 0 saturated heterocycles. The van der Waals surface area contributed by atoms with Crippen LogP contribution < -0.4 is 5.73 Å². The molecule has 0 aromatic carbocycles. The van der Waals surface area contributed by atoms with Gasteiger partial charge in [-0.1, -0.05) is 6.92 Å². The van der Waals surface area contributed by atoms with E-state index in [1.54, 1.807) is 7.11 Å². The van der Waals surface area contributed by atoms with E-state index in [2.05, 4.69) is 6.92 Å². The second-order valence-corrected chi connectivity index (χ2v) is 1.50. The molecule has 2 N–H and O–H groups in total. The van der Waals surface area contributed by atoms with Crippen LogP contribution in [0.1, 0.15) is 13.3 Å². The maximum absolute atomic E-state index is 5.27. The van der Waals surface area contributed by atoms with E-state index in [4.69, 9.17) is 10.5 Å². The summed E-state index contributed by atoms with van der Waals surface area (Å²) >= 11 is 0. The first kappa shape index (κ1) is 6.92. The van der Waals surface area contributed by atoms with E-state index in [0.717, 1.165) is 6.42 Å². The normalized spacial score (nSPS) is 14.1. The first-order valence-corrected chi connectivity index (χ1v) is 2.58. The van der Waals surface area contributed by atoms with E-state index in [9.17, 15) is 0 Å². The molecule has 2 heteroatoms. The Balaban J connectivity index is 2.99. The second kappa shape index (κ2) is 4.09. The molecular weight excluding hydrogens is 90.1 g/mol. The monoisotopic (exact) mass is 103 g/mol. The lowest BCUT2D eigenvalue weighted by Crippen LogP contribution is -2.20. The zero-order chi connectivity index (χ0) is 5.70. The van der Waals surface area contributed by atoms with Crippen molar-refractivity contribution in [2.75, 3.05) is 13.7 Å². The fourth-order valence-electron chi connectivity index (χ4n) is 0.430. The van der Waals surface area contributed by atoms with Gasteiger partial charge in [0.15, 0.2) is 0 Å². The molecule has 0 bridgehead atoms. The number of nitrogens with two attached hydrogens (primary N) is 1. The second-order valence-electron chi connectivity index (χ2n) is 1.50. The molecule has 0 radical (unpaired) electrons. The van der Waals surface area contributed by atoms with E-state index in [0.29, 0.717) is 6.54 Å². The van der Waals surface area contributed by atoms with Crippen molar-refractivity contribution >= 4 is 0 Å². The molecule has 0 aliphatic carbocycles. The van der Waals surface area contributed by atoms with Gasteiger partial charge in [-0.3, -0.25) is 0 Å². The number of ether oxygens (including phenoxy) is 1. The summed E-state index contributed by atoms with van der Waals surface area (Å²) in [4.78, 5) is 0. The fourth-order valence-corrected chi connectivity index (χ4v) is 0.430. The van der Waals surface area contributed by atoms with Crippen molar-refractivity contribution in [2.45, 2.75) is 19.4 Å². The molecule has 0 heterocycles. The highest BCUT2D eigenvalue weighted by Gasteiger charge is 1.96. The van der Waals surface area contributed by atoms with Crippen molar-refractivity contribution in [2.24, 2.45) is 5.73 Å². The third kappa shape index (κ3) is 2.60. The van der Waals surface area contributed by atoms with Crippen LogP contribution in [0.2, 0.25) is 0 Å². The van der Waals surface area contributed by atoms with Gasteiger partial charge in [-0.2, -0.15) is 0 Å². The minimum absolute atomic E-state index is 0.264. The standard InChI is InChI=1S/C5H13NO/c1-3-5(4-6)7-2/h5H,3-4,6H2,1-2H3/t5-/m1/s1. The Morgan fingerprint density at radius 1 is 1.71 bits per heavy atom. The average molecular weight is 103 g/mol. The van der Waals surface area contributed by atoms with Crippen molar-refractivity contribution in [1.82, 2.24) is 0 Å². The van der Waals surface area contributed by atoms with Crippen molar-refractivity contribution in [3.63, 3.8) is 0 Å². The van der Waals surface area contributed by atoms with Crippen molar-refractivity contribution in [3.8, 4) is 0 Å². The zero-order valence-corrected chi connectivity index (χ0v) is 4.98. The summed E-state index contributed by atoms with van der Waals surface area (Å²) in [5.41, 5.74) is 5.27. The summed E-state index contributed by atoms with van der Waals surface area (Å²) in [6.45, 7) is 2.69. The van der Waals surface area contributed by atoms with E-state index < -0.39 is 0 Å². The molecule has 0 aromatic rings. The molecule has 44 valence electrons. The van der Waals surface area contributed by atoms with E-state index in [1.807, 2.05) is 0 Å². The van der Waals surface area contributed by atoms with Gasteiger partial charge in [0.25, 0.3) is 0 Å². The van der Waals surface area contributed by atoms with Crippen LogP contribution in [0.5, 0.6) is 0 Å². The summed E-state index contributed by atoms with van der Waals surface area (Å²) < 4.78 is 4.92. The minimum atomic E-state index is 0.264. The van der Waals surface area contributed by atoms with Gasteiger partial charge >= 0.3 is 0 Å². The van der Waals surface area contributed by atoms with Crippen LogP contribution in [-0.2, 0) is 4.74 Å². The Morgan fingerprint density at radius 3 is 2.29 bits per heavy atom. The summed E-state index contributed by atoms with van der Waals surface area (Å²) in [5, 5.41) is 0. The largest absolute Gasteiger partial charge is 0.380 e. The summed E-state index contributed by atoms with van der Waals surface area (Å²) in [6.07, 6.45) is 1.27. The lowest BCUT2D eigenvalue weighted by Gasteiger charge is -2.07. The maximum atomic E-state index is 5.27. The highest BCUT2D eigenvalue weighted by atomic mass is 16.5. The number of hydrogen-bond acceptors (Lipinski definition) is 2. The molecule has 0 fully saturated rings. The molecule has 0 aliphatic heterocycles. The predicted molar refractivity (Wildman–Crippen MR) is 30.1 cm³/mol. The number of rotatable bonds is 3. The average Bonchev–Trinajstić information content (AvgIpc) is 1.72. The Hall–Kier alpha value is -0.0800. The van der Waals surface area contributed by atoms with Crippen molar-refractivity contribution in [3.05, 3.63) is 0 Å². The molecule has 0 rings (SSSR count). The van der Waals surface area contributed by atoms with E-state index >= 15 is 0 Å². The van der Waals surface area contributed by atoms with Crippen LogP contribution >= 0.6 is 0 Å². The molecule has 0 spiro atoms.